The molecule has 0 aromatic heterocycles. The van der Waals surface area contributed by atoms with Gasteiger partial charge in [0, 0.05) is 8.59 Å². The smallest absolute Gasteiger partial charge is 0.252 e. The van der Waals surface area contributed by atoms with Gasteiger partial charge in [-0.15, -0.1) is 0 Å². The van der Waals surface area contributed by atoms with Crippen LogP contribution in [0.4, 0.5) is 0 Å². The lowest BCUT2D eigenvalue weighted by Crippen LogP contribution is -2.29. The second-order valence-electron chi connectivity index (χ2n) is 4.85. The van der Waals surface area contributed by atoms with E-state index in [1.165, 1.54) is 0 Å². The van der Waals surface area contributed by atoms with Crippen LogP contribution in [-0.4, -0.2) is 5.91 Å². The maximum absolute atomic E-state index is 12.5. The molecule has 0 saturated carbocycles. The summed E-state index contributed by atoms with van der Waals surface area (Å²) in [6.07, 6.45) is 1.92. The molecule has 1 unspecified atom stereocenters. The van der Waals surface area contributed by atoms with Crippen LogP contribution < -0.4 is 5.32 Å². The van der Waals surface area contributed by atoms with Crippen LogP contribution in [0.1, 0.15) is 41.7 Å². The van der Waals surface area contributed by atoms with Gasteiger partial charge in [-0.2, -0.15) is 0 Å². The molecule has 0 heterocycles. The largest absolute Gasteiger partial charge is 0.345 e. The third-order valence-electron chi connectivity index (χ3n) is 3.26. The van der Waals surface area contributed by atoms with Crippen LogP contribution in [0.5, 0.6) is 0 Å². The van der Waals surface area contributed by atoms with E-state index in [9.17, 15) is 4.79 Å². The molecular weight excluding hydrogens is 397 g/mol. The van der Waals surface area contributed by atoms with E-state index in [2.05, 4.69) is 34.8 Å². The van der Waals surface area contributed by atoms with E-state index < -0.39 is 0 Å². The standard InChI is InChI=1S/C17H17ClINO/c1-2-6-16(12-7-4-3-5-8-12)20-17(21)14-11-13(18)9-10-15(14)19/h3-5,7-11,16H,2,6H2,1H3,(H,20,21). The van der Waals surface area contributed by atoms with Gasteiger partial charge in [-0.25, -0.2) is 0 Å². The molecule has 1 amide bonds. The van der Waals surface area contributed by atoms with E-state index >= 15 is 0 Å². The van der Waals surface area contributed by atoms with Crippen molar-refractivity contribution in [3.63, 3.8) is 0 Å². The van der Waals surface area contributed by atoms with Crippen molar-refractivity contribution in [2.45, 2.75) is 25.8 Å². The molecule has 1 N–H and O–H groups in total. The van der Waals surface area contributed by atoms with Crippen LogP contribution in [0, 0.1) is 3.57 Å². The first-order valence-electron chi connectivity index (χ1n) is 6.92. The van der Waals surface area contributed by atoms with Gasteiger partial charge >= 0.3 is 0 Å². The van der Waals surface area contributed by atoms with Gasteiger partial charge in [0.1, 0.15) is 0 Å². The number of benzene rings is 2. The Morgan fingerprint density at radius 1 is 1.24 bits per heavy atom. The van der Waals surface area contributed by atoms with Crippen LogP contribution >= 0.6 is 34.2 Å². The second-order valence-corrected chi connectivity index (χ2v) is 6.45. The molecule has 4 heteroatoms. The van der Waals surface area contributed by atoms with Crippen molar-refractivity contribution in [2.24, 2.45) is 0 Å². The van der Waals surface area contributed by atoms with E-state index in [0.717, 1.165) is 22.0 Å². The molecule has 2 rings (SSSR count). The number of nitrogens with one attached hydrogen (secondary N) is 1. The highest BCUT2D eigenvalue weighted by molar-refractivity contribution is 14.1. The minimum absolute atomic E-state index is 0.0264. The molecule has 2 aromatic carbocycles. The van der Waals surface area contributed by atoms with Gasteiger partial charge in [0.2, 0.25) is 0 Å². The lowest BCUT2D eigenvalue weighted by atomic mass is 10.0. The highest BCUT2D eigenvalue weighted by Gasteiger charge is 2.17. The monoisotopic (exact) mass is 413 g/mol. The Morgan fingerprint density at radius 2 is 1.95 bits per heavy atom. The zero-order valence-corrected chi connectivity index (χ0v) is 14.7. The molecule has 0 aliphatic carbocycles. The zero-order valence-electron chi connectivity index (χ0n) is 11.8. The summed E-state index contributed by atoms with van der Waals surface area (Å²) in [4.78, 5) is 12.5. The first-order valence-corrected chi connectivity index (χ1v) is 8.38. The molecule has 0 radical (unpaired) electrons. The first-order chi connectivity index (χ1) is 10.1. The highest BCUT2D eigenvalue weighted by Crippen LogP contribution is 2.22. The molecule has 2 nitrogen and oxygen atoms in total. The molecule has 0 aliphatic heterocycles. The Labute approximate surface area is 144 Å². The van der Waals surface area contributed by atoms with Crippen molar-refractivity contribution in [3.05, 3.63) is 68.3 Å². The van der Waals surface area contributed by atoms with Crippen molar-refractivity contribution in [3.8, 4) is 0 Å². The maximum Gasteiger partial charge on any atom is 0.252 e. The summed E-state index contributed by atoms with van der Waals surface area (Å²) in [5.41, 5.74) is 1.75. The van der Waals surface area contributed by atoms with Crippen molar-refractivity contribution < 1.29 is 4.79 Å². The van der Waals surface area contributed by atoms with Gasteiger partial charge < -0.3 is 5.32 Å². The predicted molar refractivity (Wildman–Crippen MR) is 95.7 cm³/mol. The number of hydrogen-bond acceptors (Lipinski definition) is 1. The zero-order chi connectivity index (χ0) is 15.2. The summed E-state index contributed by atoms with van der Waals surface area (Å²) in [7, 11) is 0. The number of amides is 1. The van der Waals surface area contributed by atoms with Gasteiger partial charge in [0.05, 0.1) is 11.6 Å². The van der Waals surface area contributed by atoms with Crippen LogP contribution in [-0.2, 0) is 0 Å². The summed E-state index contributed by atoms with van der Waals surface area (Å²) in [6, 6.07) is 15.4. The number of halogens is 2. The summed E-state index contributed by atoms with van der Waals surface area (Å²) < 4.78 is 0.901. The summed E-state index contributed by atoms with van der Waals surface area (Å²) >= 11 is 8.15. The molecule has 0 bridgehead atoms. The van der Waals surface area contributed by atoms with Gasteiger partial charge in [-0.1, -0.05) is 55.3 Å². The fourth-order valence-corrected chi connectivity index (χ4v) is 2.96. The van der Waals surface area contributed by atoms with Gasteiger partial charge in [-0.3, -0.25) is 4.79 Å². The molecule has 0 spiro atoms. The third-order valence-corrected chi connectivity index (χ3v) is 4.43. The fourth-order valence-electron chi connectivity index (χ4n) is 2.20. The number of carbonyl (C=O) groups is 1. The molecule has 0 saturated heterocycles. The second kappa shape index (κ2) is 7.80. The summed E-state index contributed by atoms with van der Waals surface area (Å²) in [5, 5.41) is 3.69. The van der Waals surface area contributed by atoms with Crippen molar-refractivity contribution in [1.82, 2.24) is 5.32 Å². The van der Waals surface area contributed by atoms with Gasteiger partial charge in [0.25, 0.3) is 5.91 Å². The van der Waals surface area contributed by atoms with Crippen LogP contribution in [0.25, 0.3) is 0 Å². The Kier molecular flexibility index (Phi) is 6.06. The van der Waals surface area contributed by atoms with E-state index in [-0.39, 0.29) is 11.9 Å². The Balaban J connectivity index is 2.20. The topological polar surface area (TPSA) is 29.1 Å². The van der Waals surface area contributed by atoms with Crippen molar-refractivity contribution in [1.29, 1.82) is 0 Å². The van der Waals surface area contributed by atoms with Crippen LogP contribution in [0.15, 0.2) is 48.5 Å². The Bertz CT molecular complexity index is 615. The summed E-state index contributed by atoms with van der Waals surface area (Å²) in [6.45, 7) is 2.12. The van der Waals surface area contributed by atoms with Crippen LogP contribution in [0.2, 0.25) is 5.02 Å². The Morgan fingerprint density at radius 3 is 2.62 bits per heavy atom. The predicted octanol–water partition coefficient (Wildman–Crippen LogP) is 5.22. The average Bonchev–Trinajstić information content (AvgIpc) is 2.50. The normalized spacial score (nSPS) is 12.0. The molecular formula is C17H17ClINO. The first kappa shape index (κ1) is 16.3. The lowest BCUT2D eigenvalue weighted by Gasteiger charge is -2.19. The third kappa shape index (κ3) is 4.45. The fraction of sp³-hybridized carbons (Fsp3) is 0.235. The minimum Gasteiger partial charge on any atom is -0.345 e. The van der Waals surface area contributed by atoms with Crippen molar-refractivity contribution >= 4 is 40.1 Å². The lowest BCUT2D eigenvalue weighted by molar-refractivity contribution is 0.0933. The quantitative estimate of drug-likeness (QED) is 0.669. The number of carbonyl (C=O) groups excluding carboxylic acids is 1. The van der Waals surface area contributed by atoms with Crippen molar-refractivity contribution in [2.75, 3.05) is 0 Å². The SMILES string of the molecule is CCCC(NC(=O)c1cc(Cl)ccc1I)c1ccccc1. The molecule has 21 heavy (non-hydrogen) atoms. The molecule has 1 atom stereocenters. The van der Waals surface area contributed by atoms with E-state index in [4.69, 9.17) is 11.6 Å². The Hall–Kier alpha value is -1.07. The minimum atomic E-state index is -0.0794. The molecule has 0 fully saturated rings. The van der Waals surface area contributed by atoms with E-state index in [1.54, 1.807) is 12.1 Å². The van der Waals surface area contributed by atoms with E-state index in [1.807, 2.05) is 36.4 Å². The van der Waals surface area contributed by atoms with Gasteiger partial charge in [0.15, 0.2) is 0 Å². The number of rotatable bonds is 5. The molecule has 110 valence electrons. The number of hydrogen-bond donors (Lipinski definition) is 1. The maximum atomic E-state index is 12.5. The molecule has 2 aromatic rings. The van der Waals surface area contributed by atoms with Crippen LogP contribution in [0.3, 0.4) is 0 Å². The average molecular weight is 414 g/mol. The molecule has 0 aliphatic rings. The highest BCUT2D eigenvalue weighted by atomic mass is 127. The summed E-state index contributed by atoms with van der Waals surface area (Å²) in [5.74, 6) is -0.0794. The van der Waals surface area contributed by atoms with E-state index in [0.29, 0.717) is 10.6 Å². The van der Waals surface area contributed by atoms with Gasteiger partial charge in [-0.05, 0) is 52.8 Å².